The number of nitro benzene ring substituents is 1. The number of nitrogens with zero attached hydrogens (tertiary/aromatic N) is 2. The van der Waals surface area contributed by atoms with E-state index in [0.29, 0.717) is 0 Å². The van der Waals surface area contributed by atoms with E-state index < -0.39 is 22.7 Å². The van der Waals surface area contributed by atoms with Crippen molar-refractivity contribution in [2.45, 2.75) is 20.0 Å². The zero-order chi connectivity index (χ0) is 19.0. The van der Waals surface area contributed by atoms with Crippen molar-refractivity contribution in [2.24, 2.45) is 0 Å². The average Bonchev–Trinajstić information content (AvgIpc) is 2.85. The second-order valence-corrected chi connectivity index (χ2v) is 5.94. The number of anilines is 1. The molecular formula is C18H14N2O6. The maximum atomic E-state index is 12.7. The zero-order valence-corrected chi connectivity index (χ0v) is 14.0. The molecule has 0 saturated carbocycles. The summed E-state index contributed by atoms with van der Waals surface area (Å²) < 4.78 is 5.09. The van der Waals surface area contributed by atoms with Crippen molar-refractivity contribution in [3.8, 4) is 0 Å². The van der Waals surface area contributed by atoms with Crippen LogP contribution in [-0.4, -0.2) is 28.8 Å². The Bertz CT molecular complexity index is 950. The van der Waals surface area contributed by atoms with Crippen molar-refractivity contribution in [3.63, 3.8) is 0 Å². The highest BCUT2D eigenvalue weighted by molar-refractivity contribution is 6.34. The van der Waals surface area contributed by atoms with Crippen LogP contribution in [0, 0.1) is 10.1 Å². The van der Waals surface area contributed by atoms with Crippen LogP contribution in [0.25, 0.3) is 0 Å². The van der Waals surface area contributed by atoms with Gasteiger partial charge in [0.25, 0.3) is 17.5 Å². The maximum Gasteiger partial charge on any atom is 0.338 e. The largest absolute Gasteiger partial charge is 0.459 e. The monoisotopic (exact) mass is 354 g/mol. The van der Waals surface area contributed by atoms with E-state index in [2.05, 4.69) is 0 Å². The molecule has 26 heavy (non-hydrogen) atoms. The molecule has 0 fully saturated rings. The fourth-order valence-corrected chi connectivity index (χ4v) is 2.63. The number of ether oxygens (including phenoxy) is 1. The Kier molecular flexibility index (Phi) is 4.25. The lowest BCUT2D eigenvalue weighted by Gasteiger charge is -2.13. The summed E-state index contributed by atoms with van der Waals surface area (Å²) in [4.78, 5) is 48.4. The molecule has 132 valence electrons. The summed E-state index contributed by atoms with van der Waals surface area (Å²) in [6, 6.07) is 9.33. The summed E-state index contributed by atoms with van der Waals surface area (Å²) in [5.41, 5.74) is 0.193. The Morgan fingerprint density at radius 2 is 1.77 bits per heavy atom. The van der Waals surface area contributed by atoms with Gasteiger partial charge < -0.3 is 4.74 Å². The Hall–Kier alpha value is -3.55. The Balaban J connectivity index is 1.99. The van der Waals surface area contributed by atoms with Crippen LogP contribution in [0.15, 0.2) is 42.5 Å². The molecule has 0 radical (unpaired) electrons. The third-order valence-corrected chi connectivity index (χ3v) is 3.76. The molecule has 2 amide bonds. The van der Waals surface area contributed by atoms with Crippen molar-refractivity contribution < 1.29 is 24.0 Å². The first-order valence-electron chi connectivity index (χ1n) is 7.78. The lowest BCUT2D eigenvalue weighted by molar-refractivity contribution is -0.384. The number of benzene rings is 2. The van der Waals surface area contributed by atoms with Gasteiger partial charge in [0.05, 0.1) is 33.4 Å². The average molecular weight is 354 g/mol. The number of carbonyl (C=O) groups excluding carboxylic acids is 3. The van der Waals surface area contributed by atoms with Gasteiger partial charge in [0.1, 0.15) is 0 Å². The molecule has 0 saturated heterocycles. The summed E-state index contributed by atoms with van der Waals surface area (Å²) in [6.45, 7) is 3.40. The smallest absolute Gasteiger partial charge is 0.338 e. The molecule has 0 unspecified atom stereocenters. The van der Waals surface area contributed by atoms with Crippen molar-refractivity contribution >= 4 is 29.2 Å². The Morgan fingerprint density at radius 3 is 2.42 bits per heavy atom. The molecule has 1 aliphatic rings. The minimum absolute atomic E-state index is 0.0553. The van der Waals surface area contributed by atoms with Crippen LogP contribution in [0.4, 0.5) is 11.4 Å². The standard InChI is InChI=1S/C18H14N2O6/c1-10(2)26-18(23)11-6-7-14-15(8-11)17(22)19(16(14)21)12-4-3-5-13(9-12)20(24)25/h3-10H,1-2H3. The molecule has 1 heterocycles. The van der Waals surface area contributed by atoms with E-state index in [1.807, 2.05) is 0 Å². The van der Waals surface area contributed by atoms with Crippen LogP contribution < -0.4 is 4.90 Å². The zero-order valence-electron chi connectivity index (χ0n) is 14.0. The van der Waals surface area contributed by atoms with Crippen molar-refractivity contribution in [3.05, 3.63) is 69.3 Å². The number of hydrogen-bond acceptors (Lipinski definition) is 6. The van der Waals surface area contributed by atoms with Crippen LogP contribution in [0.1, 0.15) is 44.9 Å². The van der Waals surface area contributed by atoms with E-state index >= 15 is 0 Å². The molecule has 2 aromatic rings. The minimum Gasteiger partial charge on any atom is -0.459 e. The summed E-state index contributed by atoms with van der Waals surface area (Å²) >= 11 is 0. The first-order valence-corrected chi connectivity index (χ1v) is 7.78. The highest BCUT2D eigenvalue weighted by Gasteiger charge is 2.37. The summed E-state index contributed by atoms with van der Waals surface area (Å²) in [6.07, 6.45) is -0.325. The van der Waals surface area contributed by atoms with E-state index in [1.54, 1.807) is 13.8 Å². The van der Waals surface area contributed by atoms with Gasteiger partial charge in [0.15, 0.2) is 0 Å². The molecule has 2 aromatic carbocycles. The van der Waals surface area contributed by atoms with Gasteiger partial charge in [-0.3, -0.25) is 19.7 Å². The molecular weight excluding hydrogens is 340 g/mol. The quantitative estimate of drug-likeness (QED) is 0.362. The Labute approximate surface area is 148 Å². The summed E-state index contributed by atoms with van der Waals surface area (Å²) in [5.74, 6) is -1.85. The summed E-state index contributed by atoms with van der Waals surface area (Å²) in [5, 5.41) is 10.9. The van der Waals surface area contributed by atoms with E-state index in [1.165, 1.54) is 36.4 Å². The highest BCUT2D eigenvalue weighted by Crippen LogP contribution is 2.31. The number of esters is 1. The molecule has 8 nitrogen and oxygen atoms in total. The van der Waals surface area contributed by atoms with Gasteiger partial charge in [-0.2, -0.15) is 0 Å². The number of carbonyl (C=O) groups is 3. The second kappa shape index (κ2) is 6.40. The first kappa shape index (κ1) is 17.3. The normalized spacial score (nSPS) is 13.1. The van der Waals surface area contributed by atoms with Gasteiger partial charge >= 0.3 is 5.97 Å². The maximum absolute atomic E-state index is 12.7. The van der Waals surface area contributed by atoms with Crippen LogP contribution in [0.3, 0.4) is 0 Å². The molecule has 0 aromatic heterocycles. The van der Waals surface area contributed by atoms with Crippen LogP contribution in [0.2, 0.25) is 0 Å². The van der Waals surface area contributed by atoms with Gasteiger partial charge in [0, 0.05) is 12.1 Å². The fraction of sp³-hybridized carbons (Fsp3) is 0.167. The number of nitro groups is 1. The third kappa shape index (κ3) is 2.92. The molecule has 0 spiro atoms. The van der Waals surface area contributed by atoms with Crippen molar-refractivity contribution in [2.75, 3.05) is 4.90 Å². The lowest BCUT2D eigenvalue weighted by Crippen LogP contribution is -2.29. The molecule has 3 rings (SSSR count). The molecule has 0 atom stereocenters. The molecule has 0 N–H and O–H groups in total. The number of fused-ring (bicyclic) bond motifs is 1. The van der Waals surface area contributed by atoms with Crippen LogP contribution in [-0.2, 0) is 4.74 Å². The summed E-state index contributed by atoms with van der Waals surface area (Å²) in [7, 11) is 0. The van der Waals surface area contributed by atoms with E-state index in [-0.39, 0.29) is 34.2 Å². The molecule has 0 aliphatic carbocycles. The Morgan fingerprint density at radius 1 is 1.08 bits per heavy atom. The second-order valence-electron chi connectivity index (χ2n) is 5.94. The highest BCUT2D eigenvalue weighted by atomic mass is 16.6. The topological polar surface area (TPSA) is 107 Å². The first-order chi connectivity index (χ1) is 12.3. The van der Waals surface area contributed by atoms with Gasteiger partial charge in [-0.1, -0.05) is 6.07 Å². The van der Waals surface area contributed by atoms with E-state index in [0.717, 1.165) is 11.0 Å². The number of imide groups is 1. The van der Waals surface area contributed by atoms with Crippen LogP contribution in [0.5, 0.6) is 0 Å². The molecule has 0 bridgehead atoms. The van der Waals surface area contributed by atoms with Gasteiger partial charge in [-0.05, 0) is 38.1 Å². The van der Waals surface area contributed by atoms with Gasteiger partial charge in [0.2, 0.25) is 0 Å². The van der Waals surface area contributed by atoms with E-state index in [4.69, 9.17) is 4.74 Å². The van der Waals surface area contributed by atoms with Crippen LogP contribution >= 0.6 is 0 Å². The number of amides is 2. The number of rotatable bonds is 4. The molecule has 1 aliphatic heterocycles. The predicted molar refractivity (Wildman–Crippen MR) is 91.2 cm³/mol. The molecule has 8 heteroatoms. The predicted octanol–water partition coefficient (Wildman–Crippen LogP) is 2.96. The van der Waals surface area contributed by atoms with E-state index in [9.17, 15) is 24.5 Å². The number of hydrogen-bond donors (Lipinski definition) is 0. The van der Waals surface area contributed by atoms with Crippen molar-refractivity contribution in [1.82, 2.24) is 0 Å². The third-order valence-electron chi connectivity index (χ3n) is 3.76. The minimum atomic E-state index is -0.648. The SMILES string of the molecule is CC(C)OC(=O)c1ccc2c(c1)C(=O)N(c1cccc([N+](=O)[O-])c1)C2=O. The fourth-order valence-electron chi connectivity index (χ4n) is 2.63. The van der Waals surface area contributed by atoms with Crippen molar-refractivity contribution in [1.29, 1.82) is 0 Å². The number of non-ortho nitro benzene ring substituents is 1. The van der Waals surface area contributed by atoms with Gasteiger partial charge in [-0.25, -0.2) is 9.69 Å². The van der Waals surface area contributed by atoms with Gasteiger partial charge in [-0.15, -0.1) is 0 Å². The lowest BCUT2D eigenvalue weighted by atomic mass is 10.1.